The summed E-state index contributed by atoms with van der Waals surface area (Å²) in [7, 11) is -3.46. The normalized spacial score (nSPS) is 15.4. The van der Waals surface area contributed by atoms with Crippen LogP contribution in [0.1, 0.15) is 28.8 Å². The molecule has 1 fully saturated rings. The summed E-state index contributed by atoms with van der Waals surface area (Å²) in [5.41, 5.74) is 1.21. The quantitative estimate of drug-likeness (QED) is 0.649. The number of carbonyl (C=O) groups is 1. The highest BCUT2D eigenvalue weighted by atomic mass is 35.5. The zero-order valence-electron chi connectivity index (χ0n) is 16.2. The van der Waals surface area contributed by atoms with Crippen LogP contribution in [0.25, 0.3) is 0 Å². The van der Waals surface area contributed by atoms with Crippen molar-refractivity contribution in [2.24, 2.45) is 5.92 Å². The van der Waals surface area contributed by atoms with Crippen LogP contribution in [0, 0.1) is 5.92 Å². The Morgan fingerprint density at radius 3 is 2.66 bits per heavy atom. The molecule has 1 aliphatic heterocycles. The van der Waals surface area contributed by atoms with Gasteiger partial charge in [0.25, 0.3) is 5.91 Å². The Bertz CT molecular complexity index is 961. The van der Waals surface area contributed by atoms with Crippen LogP contribution >= 0.6 is 23.4 Å². The monoisotopic (exact) mass is 453 g/mol. The minimum Gasteiger partial charge on any atom is -0.339 e. The number of amides is 1. The van der Waals surface area contributed by atoms with Gasteiger partial charge in [0.15, 0.2) is 0 Å². The third kappa shape index (κ3) is 5.94. The Labute approximate surface area is 181 Å². The van der Waals surface area contributed by atoms with Gasteiger partial charge in [-0.25, -0.2) is 18.1 Å². The predicted octanol–water partition coefficient (Wildman–Crippen LogP) is 3.43. The molecule has 29 heavy (non-hydrogen) atoms. The van der Waals surface area contributed by atoms with Gasteiger partial charge in [0, 0.05) is 30.9 Å². The summed E-state index contributed by atoms with van der Waals surface area (Å²) in [5, 5.41) is 1.18. The van der Waals surface area contributed by atoms with E-state index in [1.165, 1.54) is 11.8 Å². The zero-order chi connectivity index (χ0) is 20.9. The minimum atomic E-state index is -3.46. The maximum Gasteiger partial charge on any atom is 0.256 e. The van der Waals surface area contributed by atoms with Gasteiger partial charge in [0.05, 0.1) is 11.3 Å². The molecule has 0 aliphatic carbocycles. The summed E-state index contributed by atoms with van der Waals surface area (Å²) in [4.78, 5) is 18.9. The molecule has 3 rings (SSSR count). The lowest BCUT2D eigenvalue weighted by atomic mass is 9.97. The number of hydrogen-bond donors (Lipinski definition) is 1. The first-order valence-corrected chi connectivity index (χ1v) is 12.6. The Balaban J connectivity index is 1.51. The Morgan fingerprint density at radius 2 is 1.97 bits per heavy atom. The fourth-order valence-corrected chi connectivity index (χ4v) is 5.42. The molecule has 0 radical (unpaired) electrons. The second kappa shape index (κ2) is 9.93. The zero-order valence-corrected chi connectivity index (χ0v) is 18.6. The van der Waals surface area contributed by atoms with Crippen molar-refractivity contribution in [3.05, 3.63) is 58.7 Å². The number of halogens is 1. The van der Waals surface area contributed by atoms with Crippen molar-refractivity contribution in [2.75, 3.05) is 25.9 Å². The van der Waals surface area contributed by atoms with Gasteiger partial charge in [-0.3, -0.25) is 4.79 Å². The Hall–Kier alpha value is -1.61. The van der Waals surface area contributed by atoms with Gasteiger partial charge < -0.3 is 4.90 Å². The summed E-state index contributed by atoms with van der Waals surface area (Å²) in [6.07, 6.45) is 5.11. The van der Waals surface area contributed by atoms with Crippen molar-refractivity contribution >= 4 is 39.3 Å². The molecule has 0 bridgehead atoms. The van der Waals surface area contributed by atoms with Crippen molar-refractivity contribution in [3.63, 3.8) is 0 Å². The van der Waals surface area contributed by atoms with E-state index in [4.69, 9.17) is 11.6 Å². The van der Waals surface area contributed by atoms with E-state index in [9.17, 15) is 13.2 Å². The van der Waals surface area contributed by atoms with E-state index in [1.807, 2.05) is 11.2 Å². The number of pyridine rings is 1. The Kier molecular flexibility index (Phi) is 7.56. The van der Waals surface area contributed by atoms with E-state index in [-0.39, 0.29) is 17.6 Å². The fraction of sp³-hybridized carbons (Fsp3) is 0.400. The molecule has 1 amide bonds. The number of likely N-dealkylation sites (tertiary alicyclic amines) is 1. The predicted molar refractivity (Wildman–Crippen MR) is 117 cm³/mol. The first-order valence-electron chi connectivity index (χ1n) is 9.38. The molecule has 0 unspecified atom stereocenters. The van der Waals surface area contributed by atoms with Crippen molar-refractivity contribution in [2.45, 2.75) is 23.6 Å². The third-order valence-corrected chi connectivity index (χ3v) is 7.37. The molecule has 0 atom stereocenters. The van der Waals surface area contributed by atoms with Gasteiger partial charge in [-0.2, -0.15) is 0 Å². The van der Waals surface area contributed by atoms with Crippen LogP contribution in [-0.2, 0) is 15.8 Å². The molecule has 1 aliphatic rings. The topological polar surface area (TPSA) is 79.4 Å². The van der Waals surface area contributed by atoms with Gasteiger partial charge in [-0.1, -0.05) is 29.8 Å². The maximum absolute atomic E-state index is 12.8. The van der Waals surface area contributed by atoms with Crippen molar-refractivity contribution in [1.82, 2.24) is 14.6 Å². The second-order valence-corrected chi connectivity index (χ2v) is 10.0. The molecule has 0 saturated carbocycles. The molecule has 1 N–H and O–H groups in total. The summed E-state index contributed by atoms with van der Waals surface area (Å²) in [6, 6.07) is 10.5. The number of carbonyl (C=O) groups excluding carboxylic acids is 1. The standard InChI is InChI=1S/C20H24ClN3O3S2/c1-28-19-17(6-4-10-22-19)20(25)24-11-8-15(9-12-24)13-23-29(26,27)14-16-5-2-3-7-18(16)21/h2-7,10,15,23H,8-9,11-14H2,1H3. The number of nitrogens with one attached hydrogen (secondary N) is 1. The van der Waals surface area contributed by atoms with Gasteiger partial charge in [-0.15, -0.1) is 11.8 Å². The minimum absolute atomic E-state index is 0.0137. The average molecular weight is 454 g/mol. The van der Waals surface area contributed by atoms with Gasteiger partial charge in [0.1, 0.15) is 5.03 Å². The van der Waals surface area contributed by atoms with E-state index in [0.29, 0.717) is 35.8 Å². The van der Waals surface area contributed by atoms with Crippen molar-refractivity contribution < 1.29 is 13.2 Å². The first kappa shape index (κ1) is 22.1. The van der Waals surface area contributed by atoms with E-state index in [0.717, 1.165) is 17.9 Å². The molecule has 1 saturated heterocycles. The molecule has 2 heterocycles. The highest BCUT2D eigenvalue weighted by molar-refractivity contribution is 7.98. The molecule has 0 spiro atoms. The fourth-order valence-electron chi connectivity index (χ4n) is 3.34. The number of aromatic nitrogens is 1. The van der Waals surface area contributed by atoms with E-state index in [1.54, 1.807) is 42.6 Å². The summed E-state index contributed by atoms with van der Waals surface area (Å²) < 4.78 is 27.5. The molecule has 1 aromatic carbocycles. The molecular weight excluding hydrogens is 430 g/mol. The number of piperidine rings is 1. The lowest BCUT2D eigenvalue weighted by molar-refractivity contribution is 0.0687. The number of sulfonamides is 1. The van der Waals surface area contributed by atoms with E-state index in [2.05, 4.69) is 9.71 Å². The van der Waals surface area contributed by atoms with Crippen molar-refractivity contribution in [1.29, 1.82) is 0 Å². The maximum atomic E-state index is 12.8. The second-order valence-electron chi connectivity index (χ2n) is 6.99. The van der Waals surface area contributed by atoms with Crippen LogP contribution in [0.15, 0.2) is 47.6 Å². The number of thioether (sulfide) groups is 1. The van der Waals surface area contributed by atoms with Crippen LogP contribution in [0.3, 0.4) is 0 Å². The molecule has 6 nitrogen and oxygen atoms in total. The summed E-state index contributed by atoms with van der Waals surface area (Å²) >= 11 is 7.52. The highest BCUT2D eigenvalue weighted by Crippen LogP contribution is 2.23. The van der Waals surface area contributed by atoms with Crippen LogP contribution in [0.5, 0.6) is 0 Å². The average Bonchev–Trinajstić information content (AvgIpc) is 2.74. The number of benzene rings is 1. The van der Waals surface area contributed by atoms with E-state index < -0.39 is 10.0 Å². The lowest BCUT2D eigenvalue weighted by Gasteiger charge is -2.32. The number of hydrogen-bond acceptors (Lipinski definition) is 5. The van der Waals surface area contributed by atoms with Crippen molar-refractivity contribution in [3.8, 4) is 0 Å². The third-order valence-electron chi connectivity index (χ3n) is 4.99. The largest absolute Gasteiger partial charge is 0.339 e. The number of nitrogens with zero attached hydrogens (tertiary/aromatic N) is 2. The van der Waals surface area contributed by atoms with Gasteiger partial charge >= 0.3 is 0 Å². The SMILES string of the molecule is CSc1ncccc1C(=O)N1CCC(CNS(=O)(=O)Cc2ccccc2Cl)CC1. The summed E-state index contributed by atoms with van der Waals surface area (Å²) in [5.74, 6) is 0.0526. The van der Waals surface area contributed by atoms with Crippen LogP contribution in [0.2, 0.25) is 5.02 Å². The number of rotatable bonds is 7. The highest BCUT2D eigenvalue weighted by Gasteiger charge is 2.26. The molecule has 1 aromatic heterocycles. The van der Waals surface area contributed by atoms with Gasteiger partial charge in [0.2, 0.25) is 10.0 Å². The Morgan fingerprint density at radius 1 is 1.24 bits per heavy atom. The van der Waals surface area contributed by atoms with Crippen LogP contribution in [0.4, 0.5) is 0 Å². The molecule has 9 heteroatoms. The molecule has 156 valence electrons. The first-order chi connectivity index (χ1) is 13.9. The lowest BCUT2D eigenvalue weighted by Crippen LogP contribution is -2.41. The van der Waals surface area contributed by atoms with Crippen LogP contribution < -0.4 is 4.72 Å². The van der Waals surface area contributed by atoms with E-state index >= 15 is 0 Å². The molecule has 2 aromatic rings. The molecular formula is C20H24ClN3O3S2. The summed E-state index contributed by atoms with van der Waals surface area (Å²) in [6.45, 7) is 1.59. The van der Waals surface area contributed by atoms with Crippen LogP contribution in [-0.4, -0.2) is 50.1 Å². The smallest absolute Gasteiger partial charge is 0.256 e. The van der Waals surface area contributed by atoms with Gasteiger partial charge in [-0.05, 0) is 48.8 Å².